The van der Waals surface area contributed by atoms with Gasteiger partial charge in [0.1, 0.15) is 5.75 Å². The largest absolute Gasteiger partial charge is 0.494 e. The third kappa shape index (κ3) is 12.0. The van der Waals surface area contributed by atoms with Crippen LogP contribution in [0.15, 0.2) is 36.7 Å². The maximum atomic E-state index is 5.89. The first-order valence-corrected chi connectivity index (χ1v) is 14.1. The maximum Gasteiger partial charge on any atom is 0.159 e. The Morgan fingerprint density at radius 2 is 1.26 bits per heavy atom. The minimum absolute atomic E-state index is 0.512. The van der Waals surface area contributed by atoms with Gasteiger partial charge in [0.2, 0.25) is 0 Å². The first-order chi connectivity index (χ1) is 16.5. The van der Waals surface area contributed by atoms with Gasteiger partial charge in [0.15, 0.2) is 5.82 Å². The third-order valence-corrected chi connectivity index (χ3v) is 6.86. The van der Waals surface area contributed by atoms with E-state index >= 15 is 0 Å². The summed E-state index contributed by atoms with van der Waals surface area (Å²) in [6, 6.07) is 8.20. The summed E-state index contributed by atoms with van der Waals surface area (Å²) in [6.07, 6.45) is 23.4. The van der Waals surface area contributed by atoms with Crippen molar-refractivity contribution in [2.75, 3.05) is 6.61 Å². The molecule has 1 heterocycles. The Morgan fingerprint density at radius 1 is 0.676 bits per heavy atom. The van der Waals surface area contributed by atoms with E-state index < -0.39 is 0 Å². The zero-order valence-corrected chi connectivity index (χ0v) is 22.6. The van der Waals surface area contributed by atoms with Gasteiger partial charge in [-0.15, -0.1) is 0 Å². The van der Waals surface area contributed by atoms with Crippen molar-refractivity contribution in [1.29, 1.82) is 0 Å². The van der Waals surface area contributed by atoms with Gasteiger partial charge in [0, 0.05) is 18.0 Å². The van der Waals surface area contributed by atoms with Gasteiger partial charge >= 0.3 is 0 Å². The number of unbranched alkanes of at least 4 members (excludes halogenated alkanes) is 9. The van der Waals surface area contributed by atoms with Gasteiger partial charge in [-0.25, -0.2) is 9.97 Å². The Balaban J connectivity index is 1.63. The second-order valence-corrected chi connectivity index (χ2v) is 10.7. The molecule has 0 radical (unpaired) electrons. The number of aromatic nitrogens is 2. The van der Waals surface area contributed by atoms with Crippen LogP contribution in [0.4, 0.5) is 0 Å². The van der Waals surface area contributed by atoms with E-state index in [-0.39, 0.29) is 0 Å². The van der Waals surface area contributed by atoms with Crippen LogP contribution in [0, 0.1) is 5.41 Å². The summed E-state index contributed by atoms with van der Waals surface area (Å²) in [5.41, 5.74) is 2.80. The quantitative estimate of drug-likeness (QED) is 0.193. The number of rotatable bonds is 19. The van der Waals surface area contributed by atoms with E-state index in [1.54, 1.807) is 0 Å². The number of hydrogen-bond acceptors (Lipinski definition) is 3. The number of nitrogens with zero attached hydrogens (tertiary/aromatic N) is 2. The molecule has 3 nitrogen and oxygen atoms in total. The molecule has 34 heavy (non-hydrogen) atoms. The summed E-state index contributed by atoms with van der Waals surface area (Å²) in [6.45, 7) is 10.2. The van der Waals surface area contributed by atoms with Crippen LogP contribution in [0.2, 0.25) is 0 Å². The monoisotopic (exact) mass is 466 g/mol. The summed E-state index contributed by atoms with van der Waals surface area (Å²) in [5, 5.41) is 0. The predicted molar refractivity (Wildman–Crippen MR) is 146 cm³/mol. The fourth-order valence-electron chi connectivity index (χ4n) is 4.47. The minimum Gasteiger partial charge on any atom is -0.494 e. The van der Waals surface area contributed by atoms with Crippen molar-refractivity contribution in [3.63, 3.8) is 0 Å². The summed E-state index contributed by atoms with van der Waals surface area (Å²) >= 11 is 0. The van der Waals surface area contributed by atoms with E-state index in [2.05, 4.69) is 49.8 Å². The Hall–Kier alpha value is -1.90. The van der Waals surface area contributed by atoms with Crippen molar-refractivity contribution in [2.24, 2.45) is 5.41 Å². The van der Waals surface area contributed by atoms with Crippen LogP contribution < -0.4 is 4.74 Å². The lowest BCUT2D eigenvalue weighted by molar-refractivity contribution is 0.285. The summed E-state index contributed by atoms with van der Waals surface area (Å²) in [4.78, 5) is 9.23. The highest BCUT2D eigenvalue weighted by Crippen LogP contribution is 2.30. The first kappa shape index (κ1) is 28.3. The molecule has 1 aromatic carbocycles. The average molecular weight is 467 g/mol. The average Bonchev–Trinajstić information content (AvgIpc) is 2.85. The second kappa shape index (κ2) is 16.7. The van der Waals surface area contributed by atoms with Crippen LogP contribution in [0.5, 0.6) is 5.75 Å². The van der Waals surface area contributed by atoms with Gasteiger partial charge in [0.05, 0.1) is 6.61 Å². The van der Waals surface area contributed by atoms with Crippen molar-refractivity contribution in [1.82, 2.24) is 9.97 Å². The highest BCUT2D eigenvalue weighted by Gasteiger charge is 2.16. The van der Waals surface area contributed by atoms with E-state index in [1.165, 1.54) is 89.0 Å². The molecule has 0 fully saturated rings. The highest BCUT2D eigenvalue weighted by molar-refractivity contribution is 5.55. The zero-order chi connectivity index (χ0) is 24.5. The van der Waals surface area contributed by atoms with E-state index in [9.17, 15) is 0 Å². The molecule has 0 aliphatic heterocycles. The number of hydrogen-bond donors (Lipinski definition) is 0. The Bertz CT molecular complexity index is 752. The van der Waals surface area contributed by atoms with Gasteiger partial charge in [0.25, 0.3) is 0 Å². The first-order valence-electron chi connectivity index (χ1n) is 14.1. The second-order valence-electron chi connectivity index (χ2n) is 10.7. The molecule has 2 rings (SSSR count). The zero-order valence-electron chi connectivity index (χ0n) is 22.6. The minimum atomic E-state index is 0.512. The van der Waals surface area contributed by atoms with Crippen LogP contribution >= 0.6 is 0 Å². The topological polar surface area (TPSA) is 35.0 Å². The molecular formula is C31H50N2O. The van der Waals surface area contributed by atoms with Crippen LogP contribution in [0.25, 0.3) is 11.4 Å². The van der Waals surface area contributed by atoms with Gasteiger partial charge in [-0.05, 0) is 67.3 Å². The molecular weight excluding hydrogens is 416 g/mol. The van der Waals surface area contributed by atoms with Gasteiger partial charge in [-0.3, -0.25) is 0 Å². The third-order valence-electron chi connectivity index (χ3n) is 6.86. The lowest BCUT2D eigenvalue weighted by Gasteiger charge is -2.24. The molecule has 0 aliphatic carbocycles. The van der Waals surface area contributed by atoms with Crippen LogP contribution in [0.1, 0.15) is 123 Å². The van der Waals surface area contributed by atoms with E-state index in [0.29, 0.717) is 5.41 Å². The molecule has 0 N–H and O–H groups in total. The molecule has 0 bridgehead atoms. The van der Waals surface area contributed by atoms with Crippen molar-refractivity contribution in [3.05, 3.63) is 42.2 Å². The van der Waals surface area contributed by atoms with E-state index in [4.69, 9.17) is 4.74 Å². The lowest BCUT2D eigenvalue weighted by atomic mass is 9.82. The molecule has 0 saturated carbocycles. The Morgan fingerprint density at radius 3 is 1.97 bits per heavy atom. The van der Waals surface area contributed by atoms with Crippen molar-refractivity contribution in [3.8, 4) is 17.1 Å². The summed E-state index contributed by atoms with van der Waals surface area (Å²) < 4.78 is 5.89. The molecule has 0 unspecified atom stereocenters. The van der Waals surface area contributed by atoms with Crippen LogP contribution in [0.3, 0.4) is 0 Å². The normalized spacial score (nSPS) is 11.6. The fraction of sp³-hybridized carbons (Fsp3) is 0.677. The van der Waals surface area contributed by atoms with Crippen LogP contribution in [-0.4, -0.2) is 16.6 Å². The molecule has 0 aliphatic rings. The molecule has 0 spiro atoms. The van der Waals surface area contributed by atoms with Crippen molar-refractivity contribution >= 4 is 0 Å². The van der Waals surface area contributed by atoms with Gasteiger partial charge < -0.3 is 4.74 Å². The Kier molecular flexibility index (Phi) is 13.9. The molecule has 1 aromatic heterocycles. The number of benzene rings is 1. The summed E-state index contributed by atoms with van der Waals surface area (Å²) in [5.74, 6) is 1.73. The van der Waals surface area contributed by atoms with Crippen LogP contribution in [-0.2, 0) is 6.42 Å². The highest BCUT2D eigenvalue weighted by atomic mass is 16.5. The molecule has 0 amide bonds. The van der Waals surface area contributed by atoms with Crippen molar-refractivity contribution < 1.29 is 4.74 Å². The van der Waals surface area contributed by atoms with E-state index in [1.807, 2.05) is 24.5 Å². The lowest BCUT2D eigenvalue weighted by Crippen LogP contribution is -2.10. The predicted octanol–water partition coefficient (Wildman–Crippen LogP) is 9.59. The summed E-state index contributed by atoms with van der Waals surface area (Å²) in [7, 11) is 0. The maximum absolute atomic E-state index is 5.89. The molecule has 0 saturated heterocycles. The number of ether oxygens (including phenoxy) is 1. The van der Waals surface area contributed by atoms with Gasteiger partial charge in [-0.2, -0.15) is 0 Å². The molecule has 3 heteroatoms. The van der Waals surface area contributed by atoms with Gasteiger partial charge in [-0.1, -0.05) is 91.9 Å². The standard InChI is InChI=1S/C31H50N2O/c1-5-7-9-10-13-16-24-34-29-20-18-28(19-21-29)30-32-25-27(26-33-30)17-14-11-12-15-23-31(3,4)22-8-6-2/h18-21,25-26H,5-17,22-24H2,1-4H3. The SMILES string of the molecule is CCCCCCCCOc1ccc(-c2ncc(CCCCCCC(C)(C)CCCC)cn2)cc1. The smallest absolute Gasteiger partial charge is 0.159 e. The molecule has 0 atom stereocenters. The van der Waals surface area contributed by atoms with E-state index in [0.717, 1.165) is 36.6 Å². The molecule has 190 valence electrons. The number of aryl methyl sites for hydroxylation is 1. The Labute approximate surface area is 210 Å². The fourth-order valence-corrected chi connectivity index (χ4v) is 4.47. The van der Waals surface area contributed by atoms with Crippen molar-refractivity contribution in [2.45, 2.75) is 124 Å². The molecule has 2 aromatic rings.